The average molecular weight is 438 g/mol. The van der Waals surface area contributed by atoms with Crippen LogP contribution in [0.15, 0.2) is 33.6 Å². The molecule has 1 aliphatic carbocycles. The van der Waals surface area contributed by atoms with Crippen LogP contribution in [0.25, 0.3) is 11.2 Å². The number of carbonyl (C=O) groups excluding carboxylic acids is 1. The van der Waals surface area contributed by atoms with Gasteiger partial charge in [-0.05, 0) is 48.3 Å². The van der Waals surface area contributed by atoms with Gasteiger partial charge in [0, 0.05) is 43.0 Å². The zero-order valence-electron chi connectivity index (χ0n) is 20.1. The minimum absolute atomic E-state index is 0.00302. The van der Waals surface area contributed by atoms with Gasteiger partial charge in [0.25, 0.3) is 0 Å². The Bertz CT molecular complexity index is 1160. The number of aryl methyl sites for hydroxylation is 1. The molecule has 0 radical (unpaired) electrons. The molecular formula is C25H35N5O2. The molecule has 1 N–H and O–H groups in total. The number of aliphatic imine (C=N–C) groups is 1. The molecule has 2 aliphatic rings. The van der Waals surface area contributed by atoms with E-state index in [9.17, 15) is 9.59 Å². The van der Waals surface area contributed by atoms with Gasteiger partial charge in [0.2, 0.25) is 5.91 Å². The van der Waals surface area contributed by atoms with Crippen LogP contribution in [-0.2, 0) is 18.4 Å². The summed E-state index contributed by atoms with van der Waals surface area (Å²) in [6.45, 7) is 11.9. The standard InChI is InChI=1S/C25H35N5O2/c1-24(2,3)15-30-19-8-7-18(27-21(19)29(6)23(30)32)16-9-11-25(4,5)20(13-16)28-22(31)17-10-12-26-14-17/h7-8,10,12,16,20H,9,11,13-15H2,1-6H3,(H,28,31). The highest BCUT2D eigenvalue weighted by atomic mass is 16.2. The number of imidazole rings is 1. The number of hydrogen-bond donors (Lipinski definition) is 1. The minimum Gasteiger partial charge on any atom is -0.349 e. The van der Waals surface area contributed by atoms with Crippen LogP contribution in [0.5, 0.6) is 0 Å². The smallest absolute Gasteiger partial charge is 0.330 e. The van der Waals surface area contributed by atoms with E-state index in [1.54, 1.807) is 23.9 Å². The van der Waals surface area contributed by atoms with Crippen LogP contribution in [-0.4, -0.2) is 38.8 Å². The fourth-order valence-electron chi connectivity index (χ4n) is 4.85. The molecule has 32 heavy (non-hydrogen) atoms. The Labute approximate surface area is 189 Å². The average Bonchev–Trinajstić information content (AvgIpc) is 3.33. The number of aromatic nitrogens is 3. The molecule has 1 saturated carbocycles. The Balaban J connectivity index is 1.60. The predicted octanol–water partition coefficient (Wildman–Crippen LogP) is 3.57. The maximum absolute atomic E-state index is 12.9. The zero-order chi connectivity index (χ0) is 23.3. The van der Waals surface area contributed by atoms with E-state index in [1.807, 2.05) is 10.6 Å². The molecule has 0 saturated heterocycles. The highest BCUT2D eigenvalue weighted by molar-refractivity contribution is 5.99. The number of amides is 1. The Kier molecular flexibility index (Phi) is 5.63. The highest BCUT2D eigenvalue weighted by Gasteiger charge is 2.38. The van der Waals surface area contributed by atoms with Gasteiger partial charge < -0.3 is 5.32 Å². The zero-order valence-corrected chi connectivity index (χ0v) is 20.1. The lowest BCUT2D eigenvalue weighted by Crippen LogP contribution is -2.49. The largest absolute Gasteiger partial charge is 0.349 e. The first-order chi connectivity index (χ1) is 15.0. The fourth-order valence-corrected chi connectivity index (χ4v) is 4.85. The van der Waals surface area contributed by atoms with Crippen LogP contribution in [0.3, 0.4) is 0 Å². The second-order valence-corrected chi connectivity index (χ2v) is 11.2. The van der Waals surface area contributed by atoms with Crippen molar-refractivity contribution < 1.29 is 4.79 Å². The summed E-state index contributed by atoms with van der Waals surface area (Å²) in [4.78, 5) is 34.6. The molecule has 0 spiro atoms. The van der Waals surface area contributed by atoms with Crippen molar-refractivity contribution in [2.24, 2.45) is 22.9 Å². The normalized spacial score (nSPS) is 22.9. The molecule has 172 valence electrons. The van der Waals surface area contributed by atoms with Crippen LogP contribution in [0.1, 0.15) is 65.5 Å². The molecule has 2 aromatic rings. The summed E-state index contributed by atoms with van der Waals surface area (Å²) in [6, 6.07) is 4.16. The fraction of sp³-hybridized carbons (Fsp3) is 0.600. The molecule has 2 atom stereocenters. The molecular weight excluding hydrogens is 402 g/mol. The lowest BCUT2D eigenvalue weighted by molar-refractivity contribution is -0.119. The molecule has 2 unspecified atom stereocenters. The summed E-state index contributed by atoms with van der Waals surface area (Å²) in [6.07, 6.45) is 6.34. The highest BCUT2D eigenvalue weighted by Crippen LogP contribution is 2.42. The molecule has 1 fully saturated rings. The van der Waals surface area contributed by atoms with Gasteiger partial charge in [-0.1, -0.05) is 34.6 Å². The number of carbonyl (C=O) groups is 1. The number of hydrogen-bond acceptors (Lipinski definition) is 4. The maximum atomic E-state index is 12.9. The quantitative estimate of drug-likeness (QED) is 0.794. The molecule has 7 heteroatoms. The van der Waals surface area contributed by atoms with Crippen LogP contribution in [0.4, 0.5) is 0 Å². The summed E-state index contributed by atoms with van der Waals surface area (Å²) < 4.78 is 3.49. The first kappa shape index (κ1) is 22.5. The molecule has 2 aromatic heterocycles. The van der Waals surface area contributed by atoms with E-state index in [4.69, 9.17) is 4.98 Å². The lowest BCUT2D eigenvalue weighted by atomic mass is 9.68. The van der Waals surface area contributed by atoms with Gasteiger partial charge in [-0.15, -0.1) is 0 Å². The van der Waals surface area contributed by atoms with E-state index in [0.29, 0.717) is 13.1 Å². The third-order valence-corrected chi connectivity index (χ3v) is 6.89. The van der Waals surface area contributed by atoms with Crippen LogP contribution < -0.4 is 11.0 Å². The van der Waals surface area contributed by atoms with Gasteiger partial charge >= 0.3 is 5.69 Å². The number of fused-ring (bicyclic) bond motifs is 1. The summed E-state index contributed by atoms with van der Waals surface area (Å²) in [5.74, 6) is 0.221. The topological polar surface area (TPSA) is 81.3 Å². The minimum atomic E-state index is -0.0263. The summed E-state index contributed by atoms with van der Waals surface area (Å²) in [5.41, 5.74) is 3.31. The van der Waals surface area contributed by atoms with Crippen molar-refractivity contribution in [1.29, 1.82) is 0 Å². The van der Waals surface area contributed by atoms with Gasteiger partial charge in [-0.2, -0.15) is 0 Å². The van der Waals surface area contributed by atoms with Gasteiger partial charge in [0.1, 0.15) is 0 Å². The molecule has 3 heterocycles. The number of allylic oxidation sites excluding steroid dienone is 1. The number of pyridine rings is 1. The third kappa shape index (κ3) is 4.30. The molecule has 7 nitrogen and oxygen atoms in total. The van der Waals surface area contributed by atoms with Crippen molar-refractivity contribution in [2.45, 2.75) is 72.4 Å². The summed E-state index contributed by atoms with van der Waals surface area (Å²) in [7, 11) is 1.80. The number of nitrogens with one attached hydrogen (secondary N) is 1. The van der Waals surface area contributed by atoms with Crippen molar-refractivity contribution in [2.75, 3.05) is 6.54 Å². The SMILES string of the molecule is Cn1c(=O)n(CC(C)(C)C)c2ccc(C3CCC(C)(C)C(NC(=O)C4=CC=NC4)C3)nc21. The summed E-state index contributed by atoms with van der Waals surface area (Å²) in [5, 5.41) is 3.26. The molecule has 1 aliphatic heterocycles. The van der Waals surface area contributed by atoms with E-state index in [1.165, 1.54) is 0 Å². The first-order valence-corrected chi connectivity index (χ1v) is 11.5. The number of nitrogens with zero attached hydrogens (tertiary/aromatic N) is 4. The van der Waals surface area contributed by atoms with Crippen LogP contribution in [0, 0.1) is 10.8 Å². The van der Waals surface area contributed by atoms with Crippen molar-refractivity contribution in [3.05, 3.63) is 40.0 Å². The maximum Gasteiger partial charge on any atom is 0.330 e. The van der Waals surface area contributed by atoms with E-state index >= 15 is 0 Å². The van der Waals surface area contributed by atoms with Gasteiger partial charge in [0.05, 0.1) is 12.1 Å². The molecule has 4 rings (SSSR count). The van der Waals surface area contributed by atoms with Crippen molar-refractivity contribution >= 4 is 23.3 Å². The number of rotatable bonds is 4. The molecule has 0 aromatic carbocycles. The first-order valence-electron chi connectivity index (χ1n) is 11.5. The molecule has 0 bridgehead atoms. The van der Waals surface area contributed by atoms with Crippen molar-refractivity contribution in [3.8, 4) is 0 Å². The predicted molar refractivity (Wildman–Crippen MR) is 128 cm³/mol. The van der Waals surface area contributed by atoms with E-state index in [2.05, 4.69) is 51.0 Å². The van der Waals surface area contributed by atoms with E-state index in [0.717, 1.165) is 41.7 Å². The Hall–Kier alpha value is -2.70. The second kappa shape index (κ2) is 8.01. The van der Waals surface area contributed by atoms with Gasteiger partial charge in [0.15, 0.2) is 5.65 Å². The van der Waals surface area contributed by atoms with Crippen molar-refractivity contribution in [1.82, 2.24) is 19.4 Å². The van der Waals surface area contributed by atoms with E-state index < -0.39 is 0 Å². The lowest BCUT2D eigenvalue weighted by Gasteiger charge is -2.42. The Morgan fingerprint density at radius 1 is 1.28 bits per heavy atom. The van der Waals surface area contributed by atoms with Gasteiger partial charge in [-0.25, -0.2) is 9.78 Å². The van der Waals surface area contributed by atoms with Crippen molar-refractivity contribution in [3.63, 3.8) is 0 Å². The second-order valence-electron chi connectivity index (χ2n) is 11.2. The third-order valence-electron chi connectivity index (χ3n) is 6.89. The van der Waals surface area contributed by atoms with Crippen LogP contribution >= 0.6 is 0 Å². The molecule has 1 amide bonds. The Morgan fingerprint density at radius 3 is 2.69 bits per heavy atom. The van der Waals surface area contributed by atoms with Crippen LogP contribution in [0.2, 0.25) is 0 Å². The summed E-state index contributed by atoms with van der Waals surface area (Å²) >= 11 is 0. The van der Waals surface area contributed by atoms with E-state index in [-0.39, 0.29) is 34.4 Å². The monoisotopic (exact) mass is 437 g/mol. The Morgan fingerprint density at radius 2 is 2.03 bits per heavy atom. The van der Waals surface area contributed by atoms with Gasteiger partial charge in [-0.3, -0.25) is 18.9 Å².